The Morgan fingerprint density at radius 1 is 1.83 bits per heavy atom. The fourth-order valence-corrected chi connectivity index (χ4v) is 0. The Hall–Kier alpha value is -0.300. The Morgan fingerprint density at radius 2 is 1.83 bits per heavy atom. The quantitative estimate of drug-likeness (QED) is 0.429. The Morgan fingerprint density at radius 3 is 1.83 bits per heavy atom. The van der Waals surface area contributed by atoms with Gasteiger partial charge >= 0.3 is 0 Å². The molecule has 0 aliphatic heterocycles. The highest BCUT2D eigenvalue weighted by molar-refractivity contribution is 6.25. The van der Waals surface area contributed by atoms with E-state index in [2.05, 4.69) is 6.58 Å². The number of hydrogen-bond acceptors (Lipinski definition) is 1. The molecule has 0 aromatic carbocycles. The van der Waals surface area contributed by atoms with Crippen molar-refractivity contribution in [2.45, 2.75) is 6.92 Å². The van der Waals surface area contributed by atoms with Crippen molar-refractivity contribution >= 4 is 17.9 Å². The Labute approximate surface area is 42.6 Å². The van der Waals surface area contributed by atoms with Crippen LogP contribution in [-0.2, 0) is 4.79 Å². The fourth-order valence-electron chi connectivity index (χ4n) is 0. The first-order chi connectivity index (χ1) is 2.83. The monoisotopic (exact) mass is 106 g/mol. The minimum atomic E-state index is 0.750. The molecule has 0 atom stereocenters. The topological polar surface area (TPSA) is 17.1 Å². The minimum Gasteiger partial charge on any atom is -0.304 e. The molecule has 0 saturated heterocycles. The Balaban J connectivity index is 0. The van der Waals surface area contributed by atoms with E-state index in [0.29, 0.717) is 0 Å². The molecule has 0 unspecified atom stereocenters. The van der Waals surface area contributed by atoms with E-state index in [9.17, 15) is 0 Å². The van der Waals surface area contributed by atoms with E-state index < -0.39 is 0 Å². The zero-order chi connectivity index (χ0) is 5.41. The van der Waals surface area contributed by atoms with Gasteiger partial charge in [-0.05, 0) is 12.5 Å². The van der Waals surface area contributed by atoms with Crippen molar-refractivity contribution in [2.75, 3.05) is 0 Å². The highest BCUT2D eigenvalue weighted by Gasteiger charge is 1.24. The van der Waals surface area contributed by atoms with E-state index in [1.807, 2.05) is 0 Å². The maximum absolute atomic E-state index is 8.81. The maximum atomic E-state index is 8.81. The maximum Gasteiger partial charge on any atom is 0.116 e. The standard InChI is InChI=1S/C2H3Cl.C2H4O/c2*1-2-3/h2H,1H2;2H,1H3. The predicted octanol–water partition coefficient (Wildman–Crippen LogP) is 1.57. The van der Waals surface area contributed by atoms with Gasteiger partial charge in [0, 0.05) is 0 Å². The number of halogens is 1. The summed E-state index contributed by atoms with van der Waals surface area (Å²) >= 11 is 4.76. The summed E-state index contributed by atoms with van der Waals surface area (Å²) in [5.74, 6) is 0. The number of carbonyl (C=O) groups excluding carboxylic acids is 1. The SMILES string of the molecule is C=CCl.CC=O. The van der Waals surface area contributed by atoms with Crippen molar-refractivity contribution in [2.24, 2.45) is 0 Å². The summed E-state index contributed by atoms with van der Waals surface area (Å²) in [4.78, 5) is 8.81. The van der Waals surface area contributed by atoms with Crippen LogP contribution in [0, 0.1) is 0 Å². The van der Waals surface area contributed by atoms with Crippen LogP contribution in [-0.4, -0.2) is 6.29 Å². The van der Waals surface area contributed by atoms with E-state index in [4.69, 9.17) is 16.4 Å². The van der Waals surface area contributed by atoms with Crippen LogP contribution in [0.2, 0.25) is 0 Å². The van der Waals surface area contributed by atoms with Gasteiger partial charge < -0.3 is 4.79 Å². The van der Waals surface area contributed by atoms with Gasteiger partial charge in [-0.25, -0.2) is 0 Å². The van der Waals surface area contributed by atoms with Crippen molar-refractivity contribution in [3.05, 3.63) is 12.1 Å². The van der Waals surface area contributed by atoms with Crippen LogP contribution in [0.25, 0.3) is 0 Å². The van der Waals surface area contributed by atoms with Gasteiger partial charge in [-0.1, -0.05) is 18.2 Å². The normalized spacial score (nSPS) is 4.33. The van der Waals surface area contributed by atoms with E-state index in [1.54, 1.807) is 0 Å². The zero-order valence-corrected chi connectivity index (χ0v) is 4.40. The van der Waals surface area contributed by atoms with E-state index in [1.165, 1.54) is 12.5 Å². The highest BCUT2D eigenvalue weighted by Crippen LogP contribution is 1.60. The molecule has 0 rings (SSSR count). The van der Waals surface area contributed by atoms with Crippen LogP contribution in [0.4, 0.5) is 0 Å². The minimum absolute atomic E-state index is 0.750. The summed E-state index contributed by atoms with van der Waals surface area (Å²) in [7, 11) is 0. The lowest BCUT2D eigenvalue weighted by molar-refractivity contribution is -0.106. The second-order valence-corrected chi connectivity index (χ2v) is 0.699. The van der Waals surface area contributed by atoms with Crippen LogP contribution >= 0.6 is 11.6 Å². The molecule has 0 fully saturated rings. The smallest absolute Gasteiger partial charge is 0.116 e. The van der Waals surface area contributed by atoms with Gasteiger partial charge in [-0.2, -0.15) is 0 Å². The van der Waals surface area contributed by atoms with Gasteiger partial charge in [0.2, 0.25) is 0 Å². The summed E-state index contributed by atoms with van der Waals surface area (Å²) in [6, 6.07) is 0. The van der Waals surface area contributed by atoms with Gasteiger partial charge in [0.1, 0.15) is 6.29 Å². The van der Waals surface area contributed by atoms with Crippen molar-refractivity contribution in [1.82, 2.24) is 0 Å². The molecular weight excluding hydrogens is 99.5 g/mol. The molecule has 0 radical (unpaired) electrons. The molecule has 0 bridgehead atoms. The first-order valence-electron chi connectivity index (χ1n) is 1.44. The summed E-state index contributed by atoms with van der Waals surface area (Å²) in [6.07, 6.45) is 0.750. The third-order valence-electron chi connectivity index (χ3n) is 0. The molecule has 2 heteroatoms. The largest absolute Gasteiger partial charge is 0.304 e. The highest BCUT2D eigenvalue weighted by atomic mass is 35.5. The molecule has 0 amide bonds. The Kier molecular flexibility index (Phi) is 34.1. The van der Waals surface area contributed by atoms with E-state index in [0.717, 1.165) is 6.29 Å². The number of carbonyl (C=O) groups is 1. The van der Waals surface area contributed by atoms with Gasteiger partial charge in [0.25, 0.3) is 0 Å². The molecule has 0 aliphatic rings. The van der Waals surface area contributed by atoms with Crippen LogP contribution in [0.3, 0.4) is 0 Å². The lowest BCUT2D eigenvalue weighted by atomic mass is 11.0. The molecule has 6 heavy (non-hydrogen) atoms. The lowest BCUT2D eigenvalue weighted by Crippen LogP contribution is -1.36. The summed E-state index contributed by atoms with van der Waals surface area (Å²) < 4.78 is 0. The molecule has 0 spiro atoms. The average molecular weight is 107 g/mol. The van der Waals surface area contributed by atoms with Gasteiger partial charge in [-0.15, -0.1) is 0 Å². The summed E-state index contributed by atoms with van der Waals surface area (Å²) in [5.41, 5.74) is 1.22. The predicted molar refractivity (Wildman–Crippen MR) is 27.8 cm³/mol. The van der Waals surface area contributed by atoms with Crippen molar-refractivity contribution in [3.63, 3.8) is 0 Å². The first kappa shape index (κ1) is 9.20. The van der Waals surface area contributed by atoms with Gasteiger partial charge in [-0.3, -0.25) is 0 Å². The molecule has 0 N–H and O–H groups in total. The lowest BCUT2D eigenvalue weighted by Gasteiger charge is -1.27. The molecule has 0 aromatic heterocycles. The molecule has 0 saturated carbocycles. The van der Waals surface area contributed by atoms with Gasteiger partial charge in [0.05, 0.1) is 0 Å². The van der Waals surface area contributed by atoms with Crippen LogP contribution < -0.4 is 0 Å². The van der Waals surface area contributed by atoms with Crippen LogP contribution in [0.1, 0.15) is 6.92 Å². The molecule has 0 heterocycles. The number of aldehydes is 1. The third kappa shape index (κ3) is 300. The number of rotatable bonds is 0. The van der Waals surface area contributed by atoms with E-state index >= 15 is 0 Å². The first-order valence-corrected chi connectivity index (χ1v) is 1.88. The zero-order valence-electron chi connectivity index (χ0n) is 3.65. The third-order valence-corrected chi connectivity index (χ3v) is 0. The summed E-state index contributed by atoms with van der Waals surface area (Å²) in [5, 5.41) is 0. The second kappa shape index (κ2) is 22.3. The molecule has 1 nitrogen and oxygen atoms in total. The molecule has 0 aromatic rings. The van der Waals surface area contributed by atoms with Crippen molar-refractivity contribution in [1.29, 1.82) is 0 Å². The fraction of sp³-hybridized carbons (Fsp3) is 0.250. The van der Waals surface area contributed by atoms with Crippen LogP contribution in [0.15, 0.2) is 12.1 Å². The second-order valence-electron chi connectivity index (χ2n) is 0.390. The Bertz CT molecular complexity index is 28.5. The van der Waals surface area contributed by atoms with Crippen molar-refractivity contribution in [3.8, 4) is 0 Å². The molecule has 0 aliphatic carbocycles. The summed E-state index contributed by atoms with van der Waals surface area (Å²) in [6.45, 7) is 4.57. The molecular formula is C4H7ClO. The van der Waals surface area contributed by atoms with Crippen LogP contribution in [0.5, 0.6) is 0 Å². The van der Waals surface area contributed by atoms with Crippen molar-refractivity contribution < 1.29 is 4.79 Å². The number of hydrogen-bond donors (Lipinski definition) is 0. The van der Waals surface area contributed by atoms with Gasteiger partial charge in [0.15, 0.2) is 0 Å². The van der Waals surface area contributed by atoms with E-state index in [-0.39, 0.29) is 0 Å². The molecule has 36 valence electrons. The average Bonchev–Trinajstić information content (AvgIpc) is 1.39.